The molecule has 1 aliphatic rings. The van der Waals surface area contributed by atoms with E-state index < -0.39 is 0 Å². The van der Waals surface area contributed by atoms with Crippen LogP contribution in [0.5, 0.6) is 23.0 Å². The van der Waals surface area contributed by atoms with Crippen LogP contribution in [0.1, 0.15) is 55.5 Å². The second-order valence-corrected chi connectivity index (χ2v) is 8.67. The summed E-state index contributed by atoms with van der Waals surface area (Å²) in [6.45, 7) is 9.79. The van der Waals surface area contributed by atoms with E-state index in [1.165, 1.54) is 0 Å². The molecule has 3 N–H and O–H groups in total. The summed E-state index contributed by atoms with van der Waals surface area (Å²) in [6, 6.07) is 5.21. The summed E-state index contributed by atoms with van der Waals surface area (Å²) in [5, 5.41) is 32.1. The average Bonchev–Trinajstić information content (AvgIpc) is 2.74. The Morgan fingerprint density at radius 1 is 0.969 bits per heavy atom. The van der Waals surface area contributed by atoms with Crippen molar-refractivity contribution in [2.75, 3.05) is 7.11 Å². The van der Waals surface area contributed by atoms with Crippen LogP contribution >= 0.6 is 0 Å². The molecule has 0 bridgehead atoms. The molecule has 5 heteroatoms. The van der Waals surface area contributed by atoms with Crippen molar-refractivity contribution in [3.05, 3.63) is 75.1 Å². The predicted molar refractivity (Wildman–Crippen MR) is 127 cm³/mol. The maximum Gasteiger partial charge on any atom is 0.172 e. The standard InChI is InChI=1S/C27H32O5/c1-15(2)7-10-19-24(29)20(11-8-16(3)4)27-21(25(19)30)14-23(31-6)26(32-27)18-9-12-22(28)17(5)13-18/h7-9,12-13,28-30H,10-11,14H2,1-6H3. The van der Waals surface area contributed by atoms with Crippen LogP contribution in [0.3, 0.4) is 0 Å². The van der Waals surface area contributed by atoms with Crippen molar-refractivity contribution < 1.29 is 24.8 Å². The molecular formula is C27H32O5. The predicted octanol–water partition coefficient (Wildman–Crippen LogP) is 6.08. The molecule has 0 amide bonds. The fraction of sp³-hybridized carbons (Fsp3) is 0.333. The highest BCUT2D eigenvalue weighted by atomic mass is 16.5. The Morgan fingerprint density at radius 2 is 1.59 bits per heavy atom. The van der Waals surface area contributed by atoms with Crippen LogP contribution in [0.15, 0.2) is 47.3 Å². The molecule has 0 unspecified atom stereocenters. The van der Waals surface area contributed by atoms with Crippen LogP contribution in [0.4, 0.5) is 0 Å². The first-order valence-corrected chi connectivity index (χ1v) is 10.7. The molecule has 0 aliphatic carbocycles. The topological polar surface area (TPSA) is 79.2 Å². The van der Waals surface area contributed by atoms with Crippen molar-refractivity contribution in [2.24, 2.45) is 0 Å². The first-order chi connectivity index (χ1) is 15.1. The molecule has 32 heavy (non-hydrogen) atoms. The number of phenolic OH excluding ortho intramolecular Hbond substituents is 3. The Morgan fingerprint density at radius 3 is 2.16 bits per heavy atom. The maximum atomic E-state index is 11.1. The van der Waals surface area contributed by atoms with Gasteiger partial charge in [-0.15, -0.1) is 0 Å². The van der Waals surface area contributed by atoms with E-state index in [4.69, 9.17) is 9.47 Å². The third-order valence-corrected chi connectivity index (χ3v) is 5.62. The molecule has 2 aromatic rings. The number of hydrogen-bond acceptors (Lipinski definition) is 5. The number of fused-ring (bicyclic) bond motifs is 1. The summed E-state index contributed by atoms with van der Waals surface area (Å²) in [5.41, 5.74) is 5.43. The van der Waals surface area contributed by atoms with Crippen molar-refractivity contribution in [1.29, 1.82) is 0 Å². The Balaban J connectivity index is 2.21. The quantitative estimate of drug-likeness (QED) is 0.478. The van der Waals surface area contributed by atoms with Crippen molar-refractivity contribution in [2.45, 2.75) is 53.9 Å². The van der Waals surface area contributed by atoms with E-state index in [0.717, 1.165) is 16.7 Å². The number of rotatable bonds is 6. The Labute approximate surface area is 189 Å². The van der Waals surface area contributed by atoms with Gasteiger partial charge in [0.15, 0.2) is 5.76 Å². The number of hydrogen-bond donors (Lipinski definition) is 3. The largest absolute Gasteiger partial charge is 0.508 e. The van der Waals surface area contributed by atoms with Gasteiger partial charge in [-0.2, -0.15) is 0 Å². The highest BCUT2D eigenvalue weighted by Crippen LogP contribution is 2.48. The molecule has 0 atom stereocenters. The molecule has 0 fully saturated rings. The van der Waals surface area contributed by atoms with Gasteiger partial charge in [0.25, 0.3) is 0 Å². The molecule has 0 spiro atoms. The first-order valence-electron chi connectivity index (χ1n) is 10.7. The van der Waals surface area contributed by atoms with Gasteiger partial charge in [-0.1, -0.05) is 23.3 Å². The molecule has 0 aromatic heterocycles. The second-order valence-electron chi connectivity index (χ2n) is 8.67. The van der Waals surface area contributed by atoms with Gasteiger partial charge in [-0.3, -0.25) is 0 Å². The number of methoxy groups -OCH3 is 1. The lowest BCUT2D eigenvalue weighted by Gasteiger charge is -2.27. The minimum absolute atomic E-state index is 0.0337. The van der Waals surface area contributed by atoms with E-state index in [1.807, 2.05) is 52.8 Å². The lowest BCUT2D eigenvalue weighted by molar-refractivity contribution is 0.263. The van der Waals surface area contributed by atoms with Crippen LogP contribution in [-0.2, 0) is 24.0 Å². The number of benzene rings is 2. The molecule has 170 valence electrons. The zero-order valence-electron chi connectivity index (χ0n) is 19.7. The third-order valence-electron chi connectivity index (χ3n) is 5.62. The maximum absolute atomic E-state index is 11.1. The molecule has 3 rings (SSSR count). The fourth-order valence-electron chi connectivity index (χ4n) is 3.74. The van der Waals surface area contributed by atoms with Crippen molar-refractivity contribution in [3.63, 3.8) is 0 Å². The van der Waals surface area contributed by atoms with Gasteiger partial charge < -0.3 is 24.8 Å². The lowest BCUT2D eigenvalue weighted by atomic mass is 9.91. The Kier molecular flexibility index (Phi) is 6.87. The molecule has 1 heterocycles. The van der Waals surface area contributed by atoms with Gasteiger partial charge >= 0.3 is 0 Å². The molecule has 0 saturated carbocycles. The van der Waals surface area contributed by atoms with E-state index in [2.05, 4.69) is 0 Å². The normalized spacial score (nSPS) is 12.7. The second kappa shape index (κ2) is 9.43. The Hall–Kier alpha value is -3.34. The molecule has 1 aliphatic heterocycles. The van der Waals surface area contributed by atoms with Gasteiger partial charge in [-0.05, 0) is 71.2 Å². The van der Waals surface area contributed by atoms with E-state index in [9.17, 15) is 15.3 Å². The van der Waals surface area contributed by atoms with Crippen LogP contribution in [0, 0.1) is 6.92 Å². The number of aryl methyl sites for hydroxylation is 1. The van der Waals surface area contributed by atoms with E-state index >= 15 is 0 Å². The molecule has 5 nitrogen and oxygen atoms in total. The van der Waals surface area contributed by atoms with E-state index in [-0.39, 0.29) is 17.2 Å². The number of phenols is 3. The van der Waals surface area contributed by atoms with Crippen molar-refractivity contribution >= 4 is 5.76 Å². The smallest absolute Gasteiger partial charge is 0.172 e. The zero-order chi connectivity index (χ0) is 23.6. The molecule has 2 aromatic carbocycles. The van der Waals surface area contributed by atoms with Crippen LogP contribution in [0.25, 0.3) is 5.76 Å². The van der Waals surface area contributed by atoms with Crippen LogP contribution in [-0.4, -0.2) is 22.4 Å². The Bertz CT molecular complexity index is 1130. The van der Waals surface area contributed by atoms with Crippen LogP contribution < -0.4 is 4.74 Å². The molecule has 0 radical (unpaired) electrons. The van der Waals surface area contributed by atoms with Gasteiger partial charge in [0.05, 0.1) is 7.11 Å². The van der Waals surface area contributed by atoms with Gasteiger partial charge in [0, 0.05) is 28.7 Å². The SMILES string of the molecule is COC1=C(c2ccc(O)c(C)c2)Oc2c(CC=C(C)C)c(O)c(CC=C(C)C)c(O)c2C1. The summed E-state index contributed by atoms with van der Waals surface area (Å²) >= 11 is 0. The summed E-state index contributed by atoms with van der Waals surface area (Å²) in [5.74, 6) is 1.83. The number of aromatic hydroxyl groups is 3. The minimum atomic E-state index is 0.0337. The van der Waals surface area contributed by atoms with Crippen LogP contribution in [0.2, 0.25) is 0 Å². The first kappa shape index (κ1) is 23.3. The van der Waals surface area contributed by atoms with Gasteiger partial charge in [0.2, 0.25) is 0 Å². The molecular weight excluding hydrogens is 404 g/mol. The highest BCUT2D eigenvalue weighted by molar-refractivity contribution is 5.73. The lowest BCUT2D eigenvalue weighted by Crippen LogP contribution is -2.14. The summed E-state index contributed by atoms with van der Waals surface area (Å²) in [4.78, 5) is 0. The molecule has 0 saturated heterocycles. The fourth-order valence-corrected chi connectivity index (χ4v) is 3.74. The van der Waals surface area contributed by atoms with E-state index in [1.54, 1.807) is 19.2 Å². The third kappa shape index (κ3) is 4.62. The summed E-state index contributed by atoms with van der Waals surface area (Å²) < 4.78 is 12.0. The number of ether oxygens (including phenoxy) is 2. The van der Waals surface area contributed by atoms with Gasteiger partial charge in [-0.25, -0.2) is 0 Å². The summed E-state index contributed by atoms with van der Waals surface area (Å²) in [7, 11) is 1.57. The average molecular weight is 437 g/mol. The highest BCUT2D eigenvalue weighted by Gasteiger charge is 2.31. The number of allylic oxidation sites excluding steroid dienone is 5. The monoisotopic (exact) mass is 436 g/mol. The van der Waals surface area contributed by atoms with E-state index in [0.29, 0.717) is 58.8 Å². The zero-order valence-corrected chi connectivity index (χ0v) is 19.7. The van der Waals surface area contributed by atoms with Crippen molar-refractivity contribution in [3.8, 4) is 23.0 Å². The van der Waals surface area contributed by atoms with Crippen molar-refractivity contribution in [1.82, 2.24) is 0 Å². The summed E-state index contributed by atoms with van der Waals surface area (Å²) in [6.07, 6.45) is 5.23. The minimum Gasteiger partial charge on any atom is -0.508 e. The van der Waals surface area contributed by atoms with Gasteiger partial charge in [0.1, 0.15) is 28.8 Å².